The van der Waals surface area contributed by atoms with Crippen LogP contribution in [0.1, 0.15) is 45.6 Å². The Morgan fingerprint density at radius 3 is 2.35 bits per heavy atom. The molecule has 3 unspecified atom stereocenters. The summed E-state index contributed by atoms with van der Waals surface area (Å²) in [5, 5.41) is 2.06. The fourth-order valence-electron chi connectivity index (χ4n) is 2.79. The maximum absolute atomic E-state index is 12.5. The number of nitrogens with two attached hydrogens (primary N) is 1. The Morgan fingerprint density at radius 1 is 1.25 bits per heavy atom. The van der Waals surface area contributed by atoms with Crippen molar-refractivity contribution in [2.24, 2.45) is 5.73 Å². The van der Waals surface area contributed by atoms with Crippen LogP contribution in [0.3, 0.4) is 0 Å². The van der Waals surface area contributed by atoms with E-state index in [0.717, 1.165) is 18.4 Å². The van der Waals surface area contributed by atoms with Crippen LogP contribution >= 0.6 is 0 Å². The van der Waals surface area contributed by atoms with Gasteiger partial charge in [0.2, 0.25) is 0 Å². The minimum atomic E-state index is -1.02. The lowest BCUT2D eigenvalue weighted by Crippen LogP contribution is -2.60. The number of carbonyl (C=O) groups is 1. The average Bonchev–Trinajstić information content (AvgIpc) is 2.43. The lowest BCUT2D eigenvalue weighted by molar-refractivity contribution is -0.134. The fraction of sp³-hybridized carbons (Fsp3) is 0.562. The summed E-state index contributed by atoms with van der Waals surface area (Å²) < 4.78 is 0. The molecule has 1 heterocycles. The third kappa shape index (κ3) is 3.02. The highest BCUT2D eigenvalue weighted by atomic mass is 16.2. The third-order valence-electron chi connectivity index (χ3n) is 4.27. The van der Waals surface area contributed by atoms with Crippen molar-refractivity contribution in [3.05, 3.63) is 35.9 Å². The third-order valence-corrected chi connectivity index (χ3v) is 4.27. The summed E-state index contributed by atoms with van der Waals surface area (Å²) in [5.74, 6) is -0.149. The smallest absolute Gasteiger partial charge is 0.258 e. The van der Waals surface area contributed by atoms with Gasteiger partial charge in [-0.3, -0.25) is 10.2 Å². The summed E-state index contributed by atoms with van der Waals surface area (Å²) in [4.78, 5) is 12.5. The minimum Gasteiger partial charge on any atom is -0.314 e. The first-order valence-electron chi connectivity index (χ1n) is 7.36. The summed E-state index contributed by atoms with van der Waals surface area (Å²) >= 11 is 0. The van der Waals surface area contributed by atoms with E-state index in [1.54, 1.807) is 6.92 Å². The molecule has 3 atom stereocenters. The molecule has 3 N–H and O–H groups in total. The Kier molecular flexibility index (Phi) is 4.45. The first kappa shape index (κ1) is 15.0. The van der Waals surface area contributed by atoms with E-state index in [4.69, 9.17) is 5.73 Å². The van der Waals surface area contributed by atoms with Gasteiger partial charge in [-0.15, -0.1) is 0 Å². The predicted octanol–water partition coefficient (Wildman–Crippen LogP) is 2.15. The lowest BCUT2D eigenvalue weighted by Gasteiger charge is -2.40. The second-order valence-electron chi connectivity index (χ2n) is 6.05. The molecule has 0 aromatic heterocycles. The first-order chi connectivity index (χ1) is 9.43. The Morgan fingerprint density at radius 2 is 1.80 bits per heavy atom. The average molecular weight is 275 g/mol. The van der Waals surface area contributed by atoms with Gasteiger partial charge in [-0.2, -0.15) is 0 Å². The van der Waals surface area contributed by atoms with Gasteiger partial charge in [0.1, 0.15) is 5.54 Å². The highest BCUT2D eigenvalue weighted by Crippen LogP contribution is 2.22. The molecule has 0 aliphatic carbocycles. The van der Waals surface area contributed by atoms with Gasteiger partial charge in [0.25, 0.3) is 5.91 Å². The zero-order valence-corrected chi connectivity index (χ0v) is 12.6. The molecular weight excluding hydrogens is 250 g/mol. The van der Waals surface area contributed by atoms with E-state index in [2.05, 4.69) is 24.3 Å². The molecule has 110 valence electrons. The van der Waals surface area contributed by atoms with Crippen LogP contribution in [0.4, 0.5) is 0 Å². The van der Waals surface area contributed by atoms with E-state index >= 15 is 0 Å². The van der Waals surface area contributed by atoms with Crippen molar-refractivity contribution in [3.8, 4) is 0 Å². The van der Waals surface area contributed by atoms with Crippen LogP contribution in [-0.4, -0.2) is 23.0 Å². The van der Waals surface area contributed by atoms with Crippen LogP contribution in [0.2, 0.25) is 0 Å². The van der Waals surface area contributed by atoms with Gasteiger partial charge < -0.3 is 5.73 Å². The summed E-state index contributed by atoms with van der Waals surface area (Å²) in [6.45, 7) is 6.05. The van der Waals surface area contributed by atoms with Gasteiger partial charge in [0.15, 0.2) is 0 Å². The Balaban J connectivity index is 2.11. The van der Waals surface area contributed by atoms with E-state index in [9.17, 15) is 4.79 Å². The Labute approximate surface area is 121 Å². The molecule has 1 aliphatic heterocycles. The summed E-state index contributed by atoms with van der Waals surface area (Å²) in [6.07, 6.45) is 3.43. The number of amides is 1. The van der Waals surface area contributed by atoms with Crippen molar-refractivity contribution in [1.82, 2.24) is 10.4 Å². The number of piperidine rings is 1. The number of carbonyl (C=O) groups excluding carboxylic acids is 1. The zero-order chi connectivity index (χ0) is 14.8. The lowest BCUT2D eigenvalue weighted by atomic mass is 9.92. The molecule has 1 saturated heterocycles. The fourth-order valence-corrected chi connectivity index (χ4v) is 2.79. The second kappa shape index (κ2) is 5.94. The molecular formula is C16H25N3O. The summed E-state index contributed by atoms with van der Waals surface area (Å²) in [7, 11) is 0. The molecule has 4 nitrogen and oxygen atoms in total. The molecule has 1 amide bonds. The van der Waals surface area contributed by atoms with Crippen molar-refractivity contribution in [2.75, 3.05) is 0 Å². The quantitative estimate of drug-likeness (QED) is 0.888. The molecule has 0 bridgehead atoms. The minimum absolute atomic E-state index is 0.149. The topological polar surface area (TPSA) is 58.4 Å². The highest BCUT2D eigenvalue weighted by Gasteiger charge is 2.34. The second-order valence-corrected chi connectivity index (χ2v) is 6.05. The Hall–Kier alpha value is -1.39. The number of hydrazine groups is 1. The summed E-state index contributed by atoms with van der Waals surface area (Å²) in [5.41, 5.74) is 9.09. The standard InChI is InChI=1S/C16H25N3O/c1-12-8-7-9-13(2)19(12)18-15(20)16(3,17)14-10-5-4-6-11-14/h4-6,10-13H,7-9,17H2,1-3H3,(H,18,20). The molecule has 1 aromatic rings. The number of benzene rings is 1. The molecule has 1 fully saturated rings. The maximum Gasteiger partial charge on any atom is 0.258 e. The Bertz CT molecular complexity index is 448. The summed E-state index contributed by atoms with van der Waals surface area (Å²) in [6, 6.07) is 10.2. The molecule has 1 aliphatic rings. The van der Waals surface area contributed by atoms with Crippen molar-refractivity contribution < 1.29 is 4.79 Å². The number of hydrogen-bond donors (Lipinski definition) is 2. The molecule has 4 heteroatoms. The highest BCUT2D eigenvalue weighted by molar-refractivity contribution is 5.86. The first-order valence-corrected chi connectivity index (χ1v) is 7.36. The largest absolute Gasteiger partial charge is 0.314 e. The van der Waals surface area contributed by atoms with Crippen molar-refractivity contribution >= 4 is 5.91 Å². The van der Waals surface area contributed by atoms with E-state index in [1.807, 2.05) is 30.3 Å². The number of rotatable bonds is 3. The van der Waals surface area contributed by atoms with Crippen LogP contribution in [0.5, 0.6) is 0 Å². The van der Waals surface area contributed by atoms with Crippen LogP contribution in [0.25, 0.3) is 0 Å². The predicted molar refractivity (Wildman–Crippen MR) is 80.7 cm³/mol. The number of nitrogens with one attached hydrogen (secondary N) is 1. The molecule has 0 spiro atoms. The van der Waals surface area contributed by atoms with E-state index < -0.39 is 5.54 Å². The van der Waals surface area contributed by atoms with Crippen LogP contribution in [0, 0.1) is 0 Å². The van der Waals surface area contributed by atoms with E-state index in [0.29, 0.717) is 12.1 Å². The van der Waals surface area contributed by atoms with E-state index in [1.165, 1.54) is 6.42 Å². The van der Waals surface area contributed by atoms with Crippen LogP contribution < -0.4 is 11.2 Å². The molecule has 1 aromatic carbocycles. The van der Waals surface area contributed by atoms with Crippen molar-refractivity contribution in [2.45, 2.75) is 57.7 Å². The van der Waals surface area contributed by atoms with Crippen LogP contribution in [-0.2, 0) is 10.3 Å². The maximum atomic E-state index is 12.5. The van der Waals surface area contributed by atoms with Gasteiger partial charge in [0.05, 0.1) is 0 Å². The molecule has 0 saturated carbocycles. The molecule has 20 heavy (non-hydrogen) atoms. The number of nitrogens with zero attached hydrogens (tertiary/aromatic N) is 1. The monoisotopic (exact) mass is 275 g/mol. The van der Waals surface area contributed by atoms with Crippen molar-refractivity contribution in [3.63, 3.8) is 0 Å². The van der Waals surface area contributed by atoms with Gasteiger partial charge in [-0.25, -0.2) is 5.01 Å². The SMILES string of the molecule is CC1CCCC(C)N1NC(=O)C(C)(N)c1ccccc1. The zero-order valence-electron chi connectivity index (χ0n) is 12.6. The van der Waals surface area contributed by atoms with E-state index in [-0.39, 0.29) is 5.91 Å². The van der Waals surface area contributed by atoms with Gasteiger partial charge >= 0.3 is 0 Å². The van der Waals surface area contributed by atoms with Crippen LogP contribution in [0.15, 0.2) is 30.3 Å². The molecule has 2 rings (SSSR count). The normalized spacial score (nSPS) is 26.8. The van der Waals surface area contributed by atoms with Gasteiger partial charge in [-0.1, -0.05) is 36.8 Å². The molecule has 0 radical (unpaired) electrons. The van der Waals surface area contributed by atoms with Gasteiger partial charge in [-0.05, 0) is 39.2 Å². The number of hydrogen-bond acceptors (Lipinski definition) is 3. The van der Waals surface area contributed by atoms with Gasteiger partial charge in [0, 0.05) is 12.1 Å². The van der Waals surface area contributed by atoms with Crippen molar-refractivity contribution in [1.29, 1.82) is 0 Å².